The van der Waals surface area contributed by atoms with Crippen LogP contribution in [-0.4, -0.2) is 72.7 Å². The van der Waals surface area contributed by atoms with Gasteiger partial charge in [0.15, 0.2) is 0 Å². The molecule has 4 rings (SSSR count). The van der Waals surface area contributed by atoms with Gasteiger partial charge >= 0.3 is 0 Å². The summed E-state index contributed by atoms with van der Waals surface area (Å²) in [5.74, 6) is 0.639. The predicted octanol–water partition coefficient (Wildman–Crippen LogP) is 2.61. The Morgan fingerprint density at radius 3 is 2.74 bits per heavy atom. The van der Waals surface area contributed by atoms with Gasteiger partial charge in [-0.25, -0.2) is 0 Å². The largest absolute Gasteiger partial charge is 0.497 e. The van der Waals surface area contributed by atoms with Crippen molar-refractivity contribution in [3.63, 3.8) is 0 Å². The number of benzene rings is 1. The van der Waals surface area contributed by atoms with Crippen molar-refractivity contribution < 1.29 is 23.5 Å². The number of amides is 2. The normalized spacial score (nSPS) is 16.7. The highest BCUT2D eigenvalue weighted by molar-refractivity contribution is 5.98. The number of rotatable bonds is 6. The highest BCUT2D eigenvalue weighted by Crippen LogP contribution is 2.25. The lowest BCUT2D eigenvalue weighted by atomic mass is 10.1. The van der Waals surface area contributed by atoms with E-state index in [2.05, 4.69) is 0 Å². The number of hydrogen-bond donors (Lipinski definition) is 0. The Hall–Kier alpha value is -3.26. The number of fused-ring (bicyclic) bond motifs is 1. The molecular weight excluding hydrogens is 398 g/mol. The van der Waals surface area contributed by atoms with Crippen LogP contribution in [0.2, 0.25) is 0 Å². The Morgan fingerprint density at radius 1 is 1.16 bits per heavy atom. The van der Waals surface area contributed by atoms with Crippen molar-refractivity contribution in [3.8, 4) is 5.75 Å². The zero-order chi connectivity index (χ0) is 22.0. The first-order valence-corrected chi connectivity index (χ1v) is 10.3. The molecule has 3 aromatic rings. The summed E-state index contributed by atoms with van der Waals surface area (Å²) >= 11 is 0. The maximum Gasteiger partial charge on any atom is 0.270 e. The molecule has 0 unspecified atom stereocenters. The number of carbonyl (C=O) groups is 2. The molecular formula is C23H27N3O5. The Bertz CT molecular complexity index is 1090. The minimum atomic E-state index is -0.0786. The van der Waals surface area contributed by atoms with E-state index in [1.165, 1.54) is 7.11 Å². The minimum Gasteiger partial charge on any atom is -0.497 e. The van der Waals surface area contributed by atoms with Crippen molar-refractivity contribution in [2.24, 2.45) is 0 Å². The quantitative estimate of drug-likeness (QED) is 0.607. The van der Waals surface area contributed by atoms with Gasteiger partial charge in [0.25, 0.3) is 5.91 Å². The van der Waals surface area contributed by atoms with E-state index in [1.807, 2.05) is 47.9 Å². The molecule has 1 saturated heterocycles. The summed E-state index contributed by atoms with van der Waals surface area (Å²) in [6.45, 7) is 3.93. The van der Waals surface area contributed by atoms with Crippen LogP contribution in [-0.2, 0) is 16.1 Å². The van der Waals surface area contributed by atoms with Crippen LogP contribution in [0.25, 0.3) is 11.1 Å². The molecule has 0 radical (unpaired) electrons. The van der Waals surface area contributed by atoms with Crippen LogP contribution in [0.4, 0.5) is 0 Å². The Labute approximate surface area is 180 Å². The van der Waals surface area contributed by atoms with Crippen molar-refractivity contribution in [2.75, 3.05) is 40.5 Å². The number of methoxy groups -OCH3 is 2. The molecule has 0 N–H and O–H groups in total. The first-order chi connectivity index (χ1) is 15.0. The van der Waals surface area contributed by atoms with Crippen LogP contribution in [0, 0.1) is 0 Å². The summed E-state index contributed by atoms with van der Waals surface area (Å²) in [5.41, 5.74) is 2.24. The molecule has 0 bridgehead atoms. The molecule has 1 fully saturated rings. The monoisotopic (exact) mass is 425 g/mol. The second kappa shape index (κ2) is 8.85. The number of carbonyl (C=O) groups excluding carboxylic acids is 2. The minimum absolute atomic E-state index is 0.0536. The predicted molar refractivity (Wildman–Crippen MR) is 115 cm³/mol. The Kier molecular flexibility index (Phi) is 5.99. The van der Waals surface area contributed by atoms with Gasteiger partial charge in [0, 0.05) is 38.2 Å². The lowest BCUT2D eigenvalue weighted by molar-refractivity contribution is -0.139. The van der Waals surface area contributed by atoms with E-state index in [1.54, 1.807) is 23.2 Å². The second-order valence-electron chi connectivity index (χ2n) is 7.77. The number of nitrogens with zero attached hydrogens (tertiary/aromatic N) is 3. The molecule has 0 spiro atoms. The zero-order valence-electron chi connectivity index (χ0n) is 18.0. The highest BCUT2D eigenvalue weighted by Gasteiger charge is 2.31. The molecule has 164 valence electrons. The van der Waals surface area contributed by atoms with Gasteiger partial charge in [-0.2, -0.15) is 0 Å². The first-order valence-electron chi connectivity index (χ1n) is 10.3. The van der Waals surface area contributed by atoms with Crippen LogP contribution in [0.15, 0.2) is 47.1 Å². The van der Waals surface area contributed by atoms with Crippen molar-refractivity contribution >= 4 is 22.9 Å². The lowest BCUT2D eigenvalue weighted by Gasteiger charge is -2.39. The van der Waals surface area contributed by atoms with Crippen LogP contribution < -0.4 is 4.74 Å². The van der Waals surface area contributed by atoms with Crippen LogP contribution in [0.3, 0.4) is 0 Å². The molecule has 8 heteroatoms. The van der Waals surface area contributed by atoms with Gasteiger partial charge in [0.05, 0.1) is 19.9 Å². The zero-order valence-corrected chi connectivity index (χ0v) is 18.0. The summed E-state index contributed by atoms with van der Waals surface area (Å²) < 4.78 is 17.9. The lowest BCUT2D eigenvalue weighted by Crippen LogP contribution is -2.56. The summed E-state index contributed by atoms with van der Waals surface area (Å²) in [6.07, 6.45) is 1.63. The molecule has 1 atom stereocenters. The van der Waals surface area contributed by atoms with Crippen molar-refractivity contribution in [3.05, 3.63) is 53.9 Å². The topological polar surface area (TPSA) is 77.2 Å². The van der Waals surface area contributed by atoms with Crippen molar-refractivity contribution in [2.45, 2.75) is 19.5 Å². The van der Waals surface area contributed by atoms with Gasteiger partial charge in [-0.15, -0.1) is 0 Å². The van der Waals surface area contributed by atoms with Gasteiger partial charge in [-0.05, 0) is 36.8 Å². The average Bonchev–Trinajstić information content (AvgIpc) is 3.36. The fourth-order valence-electron chi connectivity index (χ4n) is 4.14. The third-order valence-corrected chi connectivity index (χ3v) is 5.70. The van der Waals surface area contributed by atoms with E-state index in [0.29, 0.717) is 37.6 Å². The Morgan fingerprint density at radius 2 is 2.00 bits per heavy atom. The van der Waals surface area contributed by atoms with Crippen molar-refractivity contribution in [1.29, 1.82) is 0 Å². The fourth-order valence-corrected chi connectivity index (χ4v) is 4.14. The molecule has 31 heavy (non-hydrogen) atoms. The van der Waals surface area contributed by atoms with Crippen LogP contribution in [0.5, 0.6) is 5.75 Å². The smallest absolute Gasteiger partial charge is 0.270 e. The van der Waals surface area contributed by atoms with E-state index in [-0.39, 0.29) is 24.5 Å². The molecule has 2 aromatic heterocycles. The molecule has 1 aliphatic heterocycles. The maximum absolute atomic E-state index is 13.5. The molecule has 3 heterocycles. The number of hydrogen-bond acceptors (Lipinski definition) is 5. The number of furan rings is 1. The summed E-state index contributed by atoms with van der Waals surface area (Å²) in [4.78, 5) is 29.3. The molecule has 1 aromatic carbocycles. The molecule has 1 aliphatic rings. The second-order valence-corrected chi connectivity index (χ2v) is 7.77. The van der Waals surface area contributed by atoms with E-state index in [9.17, 15) is 9.59 Å². The van der Waals surface area contributed by atoms with E-state index < -0.39 is 0 Å². The third-order valence-electron chi connectivity index (χ3n) is 5.70. The fraction of sp³-hybridized carbons (Fsp3) is 0.391. The van der Waals surface area contributed by atoms with Gasteiger partial charge in [-0.3, -0.25) is 9.59 Å². The van der Waals surface area contributed by atoms with E-state index >= 15 is 0 Å². The molecule has 0 aliphatic carbocycles. The van der Waals surface area contributed by atoms with E-state index in [4.69, 9.17) is 13.9 Å². The summed E-state index contributed by atoms with van der Waals surface area (Å²) in [6, 6.07) is 11.4. The molecule has 8 nitrogen and oxygen atoms in total. The van der Waals surface area contributed by atoms with Crippen LogP contribution >= 0.6 is 0 Å². The summed E-state index contributed by atoms with van der Waals surface area (Å²) in [5, 5.41) is 0.883. The standard InChI is InChI=1S/C23H27N3O5/c1-16-13-24(8-9-25(16)21(27)15-29-2)22(28)20-12-18-7-10-31-23(18)26(20)14-17-5-4-6-19(11-17)30-3/h4-7,10-12,16H,8-9,13-15H2,1-3H3/t16-/m1/s1. The maximum atomic E-state index is 13.5. The molecule has 2 amide bonds. The summed E-state index contributed by atoms with van der Waals surface area (Å²) in [7, 11) is 3.14. The SMILES string of the molecule is COCC(=O)N1CCN(C(=O)c2cc3ccoc3n2Cc2cccc(OC)c2)C[C@H]1C. The van der Waals surface area contributed by atoms with Crippen LogP contribution in [0.1, 0.15) is 23.0 Å². The molecule has 0 saturated carbocycles. The van der Waals surface area contributed by atoms with Gasteiger partial charge in [0.1, 0.15) is 18.1 Å². The van der Waals surface area contributed by atoms with Gasteiger partial charge in [0.2, 0.25) is 11.6 Å². The number of aromatic nitrogens is 1. The van der Waals surface area contributed by atoms with Crippen molar-refractivity contribution in [1.82, 2.24) is 14.4 Å². The van der Waals surface area contributed by atoms with E-state index in [0.717, 1.165) is 16.7 Å². The first kappa shape index (κ1) is 21.0. The van der Waals surface area contributed by atoms with Gasteiger partial charge in [-0.1, -0.05) is 12.1 Å². The third kappa shape index (κ3) is 4.16. The Balaban J connectivity index is 1.58. The number of ether oxygens (including phenoxy) is 2. The highest BCUT2D eigenvalue weighted by atomic mass is 16.5. The number of piperazine rings is 1. The van der Waals surface area contributed by atoms with Gasteiger partial charge < -0.3 is 28.3 Å². The average molecular weight is 425 g/mol.